The number of benzene rings is 1. The third-order valence-electron chi connectivity index (χ3n) is 2.84. The second kappa shape index (κ2) is 4.49. The fraction of sp³-hybridized carbons (Fsp3) is 0.143. The summed E-state index contributed by atoms with van der Waals surface area (Å²) >= 11 is 0. The van der Waals surface area contributed by atoms with Gasteiger partial charge in [-0.25, -0.2) is 9.69 Å². The Kier molecular flexibility index (Phi) is 3.02. The first-order valence-corrected chi connectivity index (χ1v) is 5.59. The van der Waals surface area contributed by atoms with Gasteiger partial charge >= 0.3 is 6.03 Å². The second-order valence-electron chi connectivity index (χ2n) is 4.23. The summed E-state index contributed by atoms with van der Waals surface area (Å²) in [5.74, 6) is -0.324. The summed E-state index contributed by atoms with van der Waals surface area (Å²) in [7, 11) is 0. The van der Waals surface area contributed by atoms with Crippen molar-refractivity contribution in [3.63, 3.8) is 0 Å². The van der Waals surface area contributed by atoms with Gasteiger partial charge < -0.3 is 5.32 Å². The van der Waals surface area contributed by atoms with Gasteiger partial charge in [0.25, 0.3) is 5.91 Å². The minimum Gasteiger partial charge on any atom is -0.320 e. The first kappa shape index (κ1) is 12.1. The average Bonchev–Trinajstić information content (AvgIpc) is 2.59. The highest BCUT2D eigenvalue weighted by Crippen LogP contribution is 2.20. The number of nitrogens with one attached hydrogen (secondary N) is 1. The monoisotopic (exact) mass is 242 g/mol. The SMILES string of the molecule is C=CN1C(=O)NC(C)(C=Cc2ccccc2)C1=O. The predicted molar refractivity (Wildman–Crippen MR) is 69.5 cm³/mol. The number of carbonyl (C=O) groups excluding carboxylic acids is 2. The van der Waals surface area contributed by atoms with Gasteiger partial charge in [-0.1, -0.05) is 43.0 Å². The van der Waals surface area contributed by atoms with Gasteiger partial charge in [0.2, 0.25) is 0 Å². The molecule has 18 heavy (non-hydrogen) atoms. The number of carbonyl (C=O) groups is 2. The maximum absolute atomic E-state index is 12.0. The molecule has 0 aliphatic carbocycles. The summed E-state index contributed by atoms with van der Waals surface area (Å²) in [6, 6.07) is 9.13. The van der Waals surface area contributed by atoms with Gasteiger partial charge in [0, 0.05) is 6.20 Å². The lowest BCUT2D eigenvalue weighted by atomic mass is 10.0. The minimum absolute atomic E-state index is 0.324. The van der Waals surface area contributed by atoms with Crippen LogP contribution < -0.4 is 5.32 Å². The van der Waals surface area contributed by atoms with Gasteiger partial charge in [0.15, 0.2) is 0 Å². The fourth-order valence-corrected chi connectivity index (χ4v) is 1.78. The molecule has 3 amide bonds. The van der Waals surface area contributed by atoms with E-state index < -0.39 is 11.6 Å². The van der Waals surface area contributed by atoms with Crippen LogP contribution >= 0.6 is 0 Å². The lowest BCUT2D eigenvalue weighted by molar-refractivity contribution is -0.127. The Balaban J connectivity index is 2.24. The van der Waals surface area contributed by atoms with Gasteiger partial charge in [-0.2, -0.15) is 0 Å². The van der Waals surface area contributed by atoms with Crippen molar-refractivity contribution >= 4 is 18.0 Å². The largest absolute Gasteiger partial charge is 0.329 e. The Labute approximate surface area is 106 Å². The summed E-state index contributed by atoms with van der Waals surface area (Å²) < 4.78 is 0. The molecule has 0 aromatic heterocycles. The van der Waals surface area contributed by atoms with Crippen molar-refractivity contribution < 1.29 is 9.59 Å². The number of amides is 3. The molecule has 92 valence electrons. The molecule has 4 nitrogen and oxygen atoms in total. The fourth-order valence-electron chi connectivity index (χ4n) is 1.78. The van der Waals surface area contributed by atoms with Crippen molar-refractivity contribution in [1.29, 1.82) is 0 Å². The second-order valence-corrected chi connectivity index (χ2v) is 4.23. The zero-order valence-corrected chi connectivity index (χ0v) is 10.1. The highest BCUT2D eigenvalue weighted by Gasteiger charge is 2.44. The van der Waals surface area contributed by atoms with Gasteiger partial charge in [0.1, 0.15) is 5.54 Å². The van der Waals surface area contributed by atoms with Crippen molar-refractivity contribution in [2.24, 2.45) is 0 Å². The molecule has 1 aromatic rings. The van der Waals surface area contributed by atoms with Gasteiger partial charge in [-0.05, 0) is 18.6 Å². The molecule has 1 atom stereocenters. The van der Waals surface area contributed by atoms with E-state index >= 15 is 0 Å². The van der Waals surface area contributed by atoms with Crippen LogP contribution in [0.2, 0.25) is 0 Å². The number of hydrogen-bond acceptors (Lipinski definition) is 2. The van der Waals surface area contributed by atoms with Crippen LogP contribution in [0, 0.1) is 0 Å². The molecule has 1 aromatic carbocycles. The van der Waals surface area contributed by atoms with Gasteiger partial charge in [-0.3, -0.25) is 4.79 Å². The van der Waals surface area contributed by atoms with E-state index in [9.17, 15) is 9.59 Å². The van der Waals surface area contributed by atoms with E-state index in [4.69, 9.17) is 0 Å². The summed E-state index contributed by atoms with van der Waals surface area (Å²) in [5.41, 5.74) is -0.0426. The Morgan fingerprint density at radius 3 is 2.50 bits per heavy atom. The van der Waals surface area contributed by atoms with E-state index in [-0.39, 0.29) is 5.91 Å². The van der Waals surface area contributed by atoms with Crippen LogP contribution in [0.15, 0.2) is 49.2 Å². The minimum atomic E-state index is -1.01. The lowest BCUT2D eigenvalue weighted by Crippen LogP contribution is -2.41. The maximum atomic E-state index is 12.0. The molecule has 1 heterocycles. The molecule has 0 bridgehead atoms. The summed E-state index contributed by atoms with van der Waals surface area (Å²) in [6.07, 6.45) is 4.72. The number of nitrogens with zero attached hydrogens (tertiary/aromatic N) is 1. The van der Waals surface area contributed by atoms with Crippen LogP contribution in [-0.2, 0) is 4.79 Å². The molecule has 1 unspecified atom stereocenters. The Hall–Kier alpha value is -2.36. The van der Waals surface area contributed by atoms with Crippen molar-refractivity contribution in [2.45, 2.75) is 12.5 Å². The molecule has 1 aliphatic rings. The Morgan fingerprint density at radius 2 is 1.94 bits per heavy atom. The van der Waals surface area contributed by atoms with Crippen molar-refractivity contribution in [1.82, 2.24) is 10.2 Å². The van der Waals surface area contributed by atoms with Crippen LogP contribution in [0.4, 0.5) is 4.79 Å². The Morgan fingerprint density at radius 1 is 1.28 bits per heavy atom. The highest BCUT2D eigenvalue weighted by atomic mass is 16.2. The van der Waals surface area contributed by atoms with Crippen LogP contribution in [0.5, 0.6) is 0 Å². The molecule has 1 aliphatic heterocycles. The van der Waals surface area contributed by atoms with E-state index in [2.05, 4.69) is 11.9 Å². The molecule has 0 saturated carbocycles. The first-order chi connectivity index (χ1) is 8.57. The maximum Gasteiger partial charge on any atom is 0.329 e. The van der Waals surface area contributed by atoms with Gasteiger partial charge in [-0.15, -0.1) is 0 Å². The standard InChI is InChI=1S/C14H14N2O2/c1-3-16-12(17)14(2,15-13(16)18)10-9-11-7-5-4-6-8-11/h3-10H,1H2,2H3,(H,15,18). The van der Waals surface area contributed by atoms with Crippen LogP contribution in [0.1, 0.15) is 12.5 Å². The smallest absolute Gasteiger partial charge is 0.320 e. The van der Waals surface area contributed by atoms with E-state index in [0.29, 0.717) is 0 Å². The van der Waals surface area contributed by atoms with E-state index in [0.717, 1.165) is 10.5 Å². The zero-order chi connectivity index (χ0) is 13.2. The van der Waals surface area contributed by atoms with E-state index in [1.807, 2.05) is 36.4 Å². The lowest BCUT2D eigenvalue weighted by Gasteiger charge is -2.15. The quantitative estimate of drug-likeness (QED) is 0.826. The molecule has 0 spiro atoms. The molecular formula is C14H14N2O2. The van der Waals surface area contributed by atoms with Crippen LogP contribution in [0.25, 0.3) is 6.08 Å². The van der Waals surface area contributed by atoms with Crippen molar-refractivity contribution in [3.8, 4) is 0 Å². The Bertz CT molecular complexity index is 522. The topological polar surface area (TPSA) is 49.4 Å². The normalized spacial score (nSPS) is 23.5. The predicted octanol–water partition coefficient (Wildman–Crippen LogP) is 2.15. The third-order valence-corrected chi connectivity index (χ3v) is 2.84. The molecule has 1 fully saturated rings. The van der Waals surface area contributed by atoms with Crippen LogP contribution in [0.3, 0.4) is 0 Å². The summed E-state index contributed by atoms with van der Waals surface area (Å²) in [4.78, 5) is 24.5. The first-order valence-electron chi connectivity index (χ1n) is 5.59. The van der Waals surface area contributed by atoms with Crippen molar-refractivity contribution in [2.75, 3.05) is 0 Å². The molecule has 4 heteroatoms. The van der Waals surface area contributed by atoms with E-state index in [1.54, 1.807) is 13.0 Å². The number of imide groups is 1. The summed E-state index contributed by atoms with van der Waals surface area (Å²) in [5, 5.41) is 2.63. The molecule has 2 rings (SSSR count). The zero-order valence-electron chi connectivity index (χ0n) is 10.1. The highest BCUT2D eigenvalue weighted by molar-refractivity contribution is 6.09. The van der Waals surface area contributed by atoms with Crippen LogP contribution in [-0.4, -0.2) is 22.4 Å². The number of rotatable bonds is 3. The average molecular weight is 242 g/mol. The number of urea groups is 1. The molecule has 1 saturated heterocycles. The van der Waals surface area contributed by atoms with E-state index in [1.165, 1.54) is 6.20 Å². The molecular weight excluding hydrogens is 228 g/mol. The molecule has 1 N–H and O–H groups in total. The van der Waals surface area contributed by atoms with Gasteiger partial charge in [0.05, 0.1) is 0 Å². The third kappa shape index (κ3) is 2.05. The molecule has 0 radical (unpaired) electrons. The number of hydrogen-bond donors (Lipinski definition) is 1. The van der Waals surface area contributed by atoms with Crippen molar-refractivity contribution in [3.05, 3.63) is 54.8 Å². The summed E-state index contributed by atoms with van der Waals surface area (Å²) in [6.45, 7) is 5.11.